The average Bonchev–Trinajstić information content (AvgIpc) is 2.41. The highest BCUT2D eigenvalue weighted by atomic mass is 32.2. The van der Waals surface area contributed by atoms with Gasteiger partial charge in [0.2, 0.25) is 0 Å². The zero-order valence-electron chi connectivity index (χ0n) is 10.8. The number of benzene rings is 1. The third-order valence-corrected chi connectivity index (χ3v) is 3.54. The molecule has 0 amide bonds. The highest BCUT2D eigenvalue weighted by Crippen LogP contribution is 2.19. The van der Waals surface area contributed by atoms with Gasteiger partial charge in [0.05, 0.1) is 12.7 Å². The van der Waals surface area contributed by atoms with E-state index in [0.717, 1.165) is 31.9 Å². The highest BCUT2D eigenvalue weighted by molar-refractivity contribution is 7.99. The van der Waals surface area contributed by atoms with Crippen LogP contribution in [0.1, 0.15) is 18.4 Å². The summed E-state index contributed by atoms with van der Waals surface area (Å²) in [5.74, 6) is 1.01. The van der Waals surface area contributed by atoms with Gasteiger partial charge < -0.3 is 10.1 Å². The van der Waals surface area contributed by atoms with Crippen molar-refractivity contribution in [1.82, 2.24) is 5.32 Å². The van der Waals surface area contributed by atoms with Crippen molar-refractivity contribution in [3.8, 4) is 6.07 Å². The number of nitriles is 1. The Balaban J connectivity index is 2.23. The van der Waals surface area contributed by atoms with Gasteiger partial charge in [-0.25, -0.2) is 0 Å². The minimum absolute atomic E-state index is 0.647. The molecule has 4 heteroatoms. The summed E-state index contributed by atoms with van der Waals surface area (Å²) in [5, 5.41) is 11.8. The number of nitrogens with zero attached hydrogens (tertiary/aromatic N) is 1. The van der Waals surface area contributed by atoms with Gasteiger partial charge in [0.15, 0.2) is 0 Å². The van der Waals surface area contributed by atoms with Crippen molar-refractivity contribution in [2.75, 3.05) is 26.0 Å². The van der Waals surface area contributed by atoms with Gasteiger partial charge >= 0.3 is 0 Å². The van der Waals surface area contributed by atoms with Gasteiger partial charge in [-0.3, -0.25) is 0 Å². The lowest BCUT2D eigenvalue weighted by Crippen LogP contribution is -2.18. The van der Waals surface area contributed by atoms with Crippen LogP contribution in [0.15, 0.2) is 29.2 Å². The molecule has 0 fully saturated rings. The number of rotatable bonds is 9. The zero-order chi connectivity index (χ0) is 13.1. The third-order valence-electron chi connectivity index (χ3n) is 2.44. The van der Waals surface area contributed by atoms with Crippen LogP contribution >= 0.6 is 11.8 Å². The first-order chi connectivity index (χ1) is 8.86. The first kappa shape index (κ1) is 15.0. The smallest absolute Gasteiger partial charge is 0.0622 e. The lowest BCUT2D eigenvalue weighted by Gasteiger charge is -2.05. The molecule has 0 unspecified atom stereocenters. The Morgan fingerprint density at radius 2 is 2.11 bits per heavy atom. The van der Waals surface area contributed by atoms with E-state index in [1.807, 2.05) is 11.8 Å². The van der Waals surface area contributed by atoms with Crippen molar-refractivity contribution >= 4 is 11.8 Å². The van der Waals surface area contributed by atoms with Gasteiger partial charge in [-0.15, -0.1) is 11.8 Å². The van der Waals surface area contributed by atoms with Crippen LogP contribution in [-0.4, -0.2) is 26.0 Å². The highest BCUT2D eigenvalue weighted by Gasteiger charge is 1.96. The molecule has 1 aromatic carbocycles. The normalized spacial score (nSPS) is 10.2. The third kappa shape index (κ3) is 6.65. The number of ether oxygens (including phenoxy) is 1. The minimum atomic E-state index is 0.647. The van der Waals surface area contributed by atoms with E-state index in [2.05, 4.69) is 35.7 Å². The fourth-order valence-corrected chi connectivity index (χ4v) is 2.30. The molecule has 0 radical (unpaired) electrons. The van der Waals surface area contributed by atoms with E-state index in [1.54, 1.807) is 7.11 Å². The molecule has 0 aliphatic rings. The van der Waals surface area contributed by atoms with E-state index in [0.29, 0.717) is 6.42 Å². The monoisotopic (exact) mass is 264 g/mol. The molecule has 0 spiro atoms. The van der Waals surface area contributed by atoms with E-state index >= 15 is 0 Å². The minimum Gasteiger partial charge on any atom is -0.383 e. The van der Waals surface area contributed by atoms with Crippen LogP contribution in [0, 0.1) is 11.3 Å². The van der Waals surface area contributed by atoms with Crippen LogP contribution in [0.2, 0.25) is 0 Å². The maximum Gasteiger partial charge on any atom is 0.0622 e. The van der Waals surface area contributed by atoms with Crippen molar-refractivity contribution in [3.05, 3.63) is 29.8 Å². The molecule has 1 aromatic rings. The second kappa shape index (κ2) is 9.95. The summed E-state index contributed by atoms with van der Waals surface area (Å²) in [7, 11) is 1.71. The predicted octanol–water partition coefficient (Wildman–Crippen LogP) is 2.82. The molecule has 0 saturated carbocycles. The predicted molar refractivity (Wildman–Crippen MR) is 75.6 cm³/mol. The topological polar surface area (TPSA) is 45.0 Å². The molecule has 0 aliphatic carbocycles. The first-order valence-corrected chi connectivity index (χ1v) is 7.13. The Kier molecular flexibility index (Phi) is 8.32. The lowest BCUT2D eigenvalue weighted by molar-refractivity contribution is 0.199. The molecule has 18 heavy (non-hydrogen) atoms. The molecule has 0 aromatic heterocycles. The van der Waals surface area contributed by atoms with Crippen molar-refractivity contribution in [2.24, 2.45) is 0 Å². The Hall–Kier alpha value is -1.02. The Morgan fingerprint density at radius 1 is 1.33 bits per heavy atom. The van der Waals surface area contributed by atoms with E-state index in [1.165, 1.54) is 10.5 Å². The molecule has 0 heterocycles. The van der Waals surface area contributed by atoms with Gasteiger partial charge in [0, 0.05) is 31.5 Å². The summed E-state index contributed by atoms with van der Waals surface area (Å²) < 4.78 is 4.97. The Bertz CT molecular complexity index is 359. The fourth-order valence-electron chi connectivity index (χ4n) is 1.45. The average molecular weight is 264 g/mol. The number of hydrogen-bond donors (Lipinski definition) is 1. The standard InChI is InChI=1S/C14H20N2OS/c1-17-10-9-16-12-13-4-6-14(7-5-13)18-11-3-2-8-15/h4-7,16H,2-3,9-12H2,1H3. The van der Waals surface area contributed by atoms with Gasteiger partial charge in [0.1, 0.15) is 0 Å². The van der Waals surface area contributed by atoms with Crippen LogP contribution in [0.5, 0.6) is 0 Å². The summed E-state index contributed by atoms with van der Waals surface area (Å²) in [6, 6.07) is 10.7. The summed E-state index contributed by atoms with van der Waals surface area (Å²) in [5.41, 5.74) is 1.28. The van der Waals surface area contributed by atoms with Crippen LogP contribution in [0.4, 0.5) is 0 Å². The molecular formula is C14H20N2OS. The zero-order valence-corrected chi connectivity index (χ0v) is 11.6. The van der Waals surface area contributed by atoms with E-state index in [4.69, 9.17) is 10.00 Å². The molecule has 1 N–H and O–H groups in total. The molecule has 0 saturated heterocycles. The van der Waals surface area contributed by atoms with Gasteiger partial charge in [0.25, 0.3) is 0 Å². The van der Waals surface area contributed by atoms with E-state index < -0.39 is 0 Å². The lowest BCUT2D eigenvalue weighted by atomic mass is 10.2. The summed E-state index contributed by atoms with van der Waals surface area (Å²) in [6.07, 6.45) is 1.61. The van der Waals surface area contributed by atoms with Crippen LogP contribution in [0.3, 0.4) is 0 Å². The second-order valence-electron chi connectivity index (χ2n) is 3.92. The largest absolute Gasteiger partial charge is 0.383 e. The molecule has 0 aliphatic heterocycles. The number of thioether (sulfide) groups is 1. The van der Waals surface area contributed by atoms with Crippen LogP contribution < -0.4 is 5.32 Å². The van der Waals surface area contributed by atoms with Crippen molar-refractivity contribution in [3.63, 3.8) is 0 Å². The number of nitrogens with one attached hydrogen (secondary N) is 1. The number of unbranched alkanes of at least 4 members (excludes halogenated alkanes) is 1. The quantitative estimate of drug-likeness (QED) is 0.550. The maximum atomic E-state index is 8.45. The van der Waals surface area contributed by atoms with Gasteiger partial charge in [-0.05, 0) is 29.9 Å². The second-order valence-corrected chi connectivity index (χ2v) is 5.09. The molecule has 3 nitrogen and oxygen atoms in total. The maximum absolute atomic E-state index is 8.45. The Labute approximate surface area is 114 Å². The van der Waals surface area contributed by atoms with E-state index in [9.17, 15) is 0 Å². The summed E-state index contributed by atoms with van der Waals surface area (Å²) in [4.78, 5) is 1.27. The number of methoxy groups -OCH3 is 1. The van der Waals surface area contributed by atoms with Gasteiger partial charge in [-0.1, -0.05) is 12.1 Å². The summed E-state index contributed by atoms with van der Waals surface area (Å²) >= 11 is 1.81. The Morgan fingerprint density at radius 3 is 2.78 bits per heavy atom. The van der Waals surface area contributed by atoms with Crippen molar-refractivity contribution in [2.45, 2.75) is 24.3 Å². The summed E-state index contributed by atoms with van der Waals surface area (Å²) in [6.45, 7) is 2.50. The van der Waals surface area contributed by atoms with Crippen LogP contribution in [-0.2, 0) is 11.3 Å². The molecule has 0 atom stereocenters. The van der Waals surface area contributed by atoms with E-state index in [-0.39, 0.29) is 0 Å². The fraction of sp³-hybridized carbons (Fsp3) is 0.500. The van der Waals surface area contributed by atoms with Crippen molar-refractivity contribution in [1.29, 1.82) is 5.26 Å². The van der Waals surface area contributed by atoms with Crippen molar-refractivity contribution < 1.29 is 4.74 Å². The van der Waals surface area contributed by atoms with Crippen LogP contribution in [0.25, 0.3) is 0 Å². The molecule has 0 bridgehead atoms. The molecule has 1 rings (SSSR count). The van der Waals surface area contributed by atoms with Gasteiger partial charge in [-0.2, -0.15) is 5.26 Å². The SMILES string of the molecule is COCCNCc1ccc(SCCCC#N)cc1. The molecule has 98 valence electrons. The first-order valence-electron chi connectivity index (χ1n) is 6.15. The number of hydrogen-bond acceptors (Lipinski definition) is 4. The molecular weight excluding hydrogens is 244 g/mol.